The molecule has 0 radical (unpaired) electrons. The highest BCUT2D eigenvalue weighted by atomic mass is 35.5. The van der Waals surface area contributed by atoms with E-state index in [1.54, 1.807) is 18.2 Å². The number of aromatic carboxylic acids is 1. The number of aromatic nitrogens is 2. The number of rotatable bonds is 4. The van der Waals surface area contributed by atoms with Crippen LogP contribution in [0.4, 0.5) is 5.82 Å². The van der Waals surface area contributed by atoms with E-state index >= 15 is 0 Å². The number of fused-ring (bicyclic) bond motifs is 1. The Labute approximate surface area is 133 Å². The first kappa shape index (κ1) is 15.7. The van der Waals surface area contributed by atoms with Crippen LogP contribution < -0.4 is 5.32 Å². The first-order valence-corrected chi connectivity index (χ1v) is 6.50. The summed E-state index contributed by atoms with van der Waals surface area (Å²) >= 11 is 0. The Balaban J connectivity index is 0.00000176. The molecule has 0 atom stereocenters. The molecule has 1 heterocycles. The predicted molar refractivity (Wildman–Crippen MR) is 87.5 cm³/mol. The molecule has 3 rings (SSSR count). The number of benzene rings is 2. The van der Waals surface area contributed by atoms with E-state index in [1.165, 1.54) is 6.33 Å². The van der Waals surface area contributed by atoms with Gasteiger partial charge in [0.1, 0.15) is 12.1 Å². The van der Waals surface area contributed by atoms with Crippen LogP contribution in [-0.4, -0.2) is 21.0 Å². The molecule has 5 nitrogen and oxygen atoms in total. The van der Waals surface area contributed by atoms with Crippen LogP contribution in [0.5, 0.6) is 0 Å². The normalized spacial score (nSPS) is 10.0. The molecule has 0 bridgehead atoms. The Hall–Kier alpha value is -2.66. The summed E-state index contributed by atoms with van der Waals surface area (Å²) in [7, 11) is 0. The molecule has 0 fully saturated rings. The number of hydrogen-bond donors (Lipinski definition) is 2. The lowest BCUT2D eigenvalue weighted by atomic mass is 10.1. The van der Waals surface area contributed by atoms with Gasteiger partial charge in [0.2, 0.25) is 0 Å². The largest absolute Gasteiger partial charge is 0.478 e. The maximum absolute atomic E-state index is 11.4. The van der Waals surface area contributed by atoms with Crippen molar-refractivity contribution in [2.75, 3.05) is 5.32 Å². The van der Waals surface area contributed by atoms with E-state index in [0.717, 1.165) is 5.56 Å². The van der Waals surface area contributed by atoms with Crippen molar-refractivity contribution in [1.82, 2.24) is 9.97 Å². The first-order valence-electron chi connectivity index (χ1n) is 6.50. The lowest BCUT2D eigenvalue weighted by Crippen LogP contribution is -2.06. The van der Waals surface area contributed by atoms with Gasteiger partial charge in [0.25, 0.3) is 0 Å². The van der Waals surface area contributed by atoms with Crippen LogP contribution in [0.1, 0.15) is 15.9 Å². The number of carboxylic acids is 1. The molecule has 2 N–H and O–H groups in total. The number of halogens is 1. The zero-order valence-corrected chi connectivity index (χ0v) is 12.4. The monoisotopic (exact) mass is 315 g/mol. The molecule has 0 saturated heterocycles. The lowest BCUT2D eigenvalue weighted by Gasteiger charge is -2.10. The molecule has 0 aliphatic rings. The summed E-state index contributed by atoms with van der Waals surface area (Å²) in [6.45, 7) is 0.570. The number of nitrogens with one attached hydrogen (secondary N) is 1. The van der Waals surface area contributed by atoms with Gasteiger partial charge < -0.3 is 10.4 Å². The highest BCUT2D eigenvalue weighted by Crippen LogP contribution is 2.24. The van der Waals surface area contributed by atoms with Crippen LogP contribution in [0.2, 0.25) is 0 Å². The summed E-state index contributed by atoms with van der Waals surface area (Å²) in [6.07, 6.45) is 1.43. The van der Waals surface area contributed by atoms with Crippen molar-refractivity contribution in [1.29, 1.82) is 0 Å². The highest BCUT2D eigenvalue weighted by molar-refractivity contribution is 6.06. The van der Waals surface area contributed by atoms with E-state index in [0.29, 0.717) is 23.3 Å². The summed E-state index contributed by atoms with van der Waals surface area (Å²) < 4.78 is 0. The van der Waals surface area contributed by atoms with Crippen molar-refractivity contribution in [3.8, 4) is 0 Å². The molecule has 0 unspecified atom stereocenters. The van der Waals surface area contributed by atoms with Gasteiger partial charge in [0.15, 0.2) is 0 Å². The second-order valence-corrected chi connectivity index (χ2v) is 4.57. The van der Waals surface area contributed by atoms with E-state index in [1.807, 2.05) is 30.3 Å². The van der Waals surface area contributed by atoms with Gasteiger partial charge in [-0.3, -0.25) is 0 Å². The van der Waals surface area contributed by atoms with Crippen LogP contribution >= 0.6 is 12.4 Å². The van der Waals surface area contributed by atoms with Gasteiger partial charge in [-0.15, -0.1) is 12.4 Å². The van der Waals surface area contributed by atoms with E-state index in [4.69, 9.17) is 0 Å². The smallest absolute Gasteiger partial charge is 0.336 e. The van der Waals surface area contributed by atoms with E-state index in [2.05, 4.69) is 15.3 Å². The molecule has 6 heteroatoms. The zero-order chi connectivity index (χ0) is 14.7. The fourth-order valence-corrected chi connectivity index (χ4v) is 2.20. The van der Waals surface area contributed by atoms with Gasteiger partial charge in [0, 0.05) is 6.54 Å². The summed E-state index contributed by atoms with van der Waals surface area (Å²) in [5, 5.41) is 13.0. The number of hydrogen-bond acceptors (Lipinski definition) is 4. The van der Waals surface area contributed by atoms with Crippen LogP contribution in [0, 0.1) is 0 Å². The molecule has 0 saturated carbocycles. The molecular formula is C16H14ClN3O2. The van der Waals surface area contributed by atoms with Crippen LogP contribution in [0.15, 0.2) is 54.9 Å². The molecule has 0 aliphatic heterocycles. The molecule has 22 heavy (non-hydrogen) atoms. The summed E-state index contributed by atoms with van der Waals surface area (Å²) in [4.78, 5) is 19.7. The summed E-state index contributed by atoms with van der Waals surface area (Å²) in [5.74, 6) is -0.458. The molecule has 0 amide bonds. The third kappa shape index (κ3) is 3.15. The molecule has 112 valence electrons. The number of anilines is 1. The average Bonchev–Trinajstić information content (AvgIpc) is 2.53. The third-order valence-electron chi connectivity index (χ3n) is 3.20. The minimum Gasteiger partial charge on any atom is -0.478 e. The lowest BCUT2D eigenvalue weighted by molar-refractivity contribution is 0.0699. The van der Waals surface area contributed by atoms with Crippen molar-refractivity contribution >= 4 is 35.1 Å². The number of nitrogens with zero attached hydrogens (tertiary/aromatic N) is 2. The fraction of sp³-hybridized carbons (Fsp3) is 0.0625. The number of carbonyl (C=O) groups is 1. The number of carboxylic acid groups (broad SMARTS) is 1. The molecule has 0 spiro atoms. The quantitative estimate of drug-likeness (QED) is 0.772. The second-order valence-electron chi connectivity index (χ2n) is 4.57. The Morgan fingerprint density at radius 2 is 1.82 bits per heavy atom. The van der Waals surface area contributed by atoms with E-state index in [-0.39, 0.29) is 18.0 Å². The predicted octanol–water partition coefficient (Wildman–Crippen LogP) is 3.36. The van der Waals surface area contributed by atoms with E-state index < -0.39 is 5.97 Å². The molecule has 3 aromatic rings. The van der Waals surface area contributed by atoms with Gasteiger partial charge in [-0.05, 0) is 17.7 Å². The van der Waals surface area contributed by atoms with Gasteiger partial charge in [-0.25, -0.2) is 14.8 Å². The topological polar surface area (TPSA) is 75.1 Å². The summed E-state index contributed by atoms with van der Waals surface area (Å²) in [6, 6.07) is 14.9. The zero-order valence-electron chi connectivity index (χ0n) is 11.6. The second kappa shape index (κ2) is 6.87. The minimum absolute atomic E-state index is 0. The van der Waals surface area contributed by atoms with Gasteiger partial charge in [-0.1, -0.05) is 36.4 Å². The third-order valence-corrected chi connectivity index (χ3v) is 3.20. The standard InChI is InChI=1S/C16H13N3O2.ClH/c20-16(21)12-7-4-8-13-14(12)15(19-10-18-13)17-9-11-5-2-1-3-6-11;/h1-8,10H,9H2,(H,20,21)(H,17,18,19);1H. The highest BCUT2D eigenvalue weighted by Gasteiger charge is 2.13. The van der Waals surface area contributed by atoms with Crippen molar-refractivity contribution < 1.29 is 9.90 Å². The molecule has 0 aliphatic carbocycles. The van der Waals surface area contributed by atoms with Crippen molar-refractivity contribution in [3.05, 3.63) is 66.0 Å². The van der Waals surface area contributed by atoms with Gasteiger partial charge in [0.05, 0.1) is 16.5 Å². The Kier molecular flexibility index (Phi) is 4.91. The first-order chi connectivity index (χ1) is 10.3. The Bertz CT molecular complexity index is 789. The Morgan fingerprint density at radius 1 is 1.05 bits per heavy atom. The van der Waals surface area contributed by atoms with Crippen LogP contribution in [-0.2, 0) is 6.54 Å². The van der Waals surface area contributed by atoms with E-state index in [9.17, 15) is 9.90 Å². The van der Waals surface area contributed by atoms with Gasteiger partial charge in [-0.2, -0.15) is 0 Å². The van der Waals surface area contributed by atoms with Crippen LogP contribution in [0.3, 0.4) is 0 Å². The molecule has 1 aromatic heterocycles. The van der Waals surface area contributed by atoms with Crippen molar-refractivity contribution in [3.63, 3.8) is 0 Å². The SMILES string of the molecule is Cl.O=C(O)c1cccc2ncnc(NCc3ccccc3)c12. The average molecular weight is 316 g/mol. The maximum atomic E-state index is 11.4. The van der Waals surface area contributed by atoms with Crippen molar-refractivity contribution in [2.45, 2.75) is 6.54 Å². The molecule has 2 aromatic carbocycles. The van der Waals surface area contributed by atoms with Crippen LogP contribution in [0.25, 0.3) is 10.9 Å². The Morgan fingerprint density at radius 3 is 2.55 bits per heavy atom. The fourth-order valence-electron chi connectivity index (χ4n) is 2.20. The maximum Gasteiger partial charge on any atom is 0.336 e. The van der Waals surface area contributed by atoms with Crippen molar-refractivity contribution in [2.24, 2.45) is 0 Å². The molecular weight excluding hydrogens is 302 g/mol. The summed E-state index contributed by atoms with van der Waals surface area (Å²) in [5.41, 5.74) is 1.90. The van der Waals surface area contributed by atoms with Gasteiger partial charge >= 0.3 is 5.97 Å². The minimum atomic E-state index is -0.988.